The molecule has 0 aliphatic carbocycles. The zero-order valence-corrected chi connectivity index (χ0v) is 10.0. The summed E-state index contributed by atoms with van der Waals surface area (Å²) >= 11 is 0. The van der Waals surface area contributed by atoms with Crippen molar-refractivity contribution in [2.24, 2.45) is 0 Å². The van der Waals surface area contributed by atoms with Crippen LogP contribution in [0, 0.1) is 5.82 Å². The smallest absolute Gasteiger partial charge is 0.259 e. The predicted molar refractivity (Wildman–Crippen MR) is 66.9 cm³/mol. The molecule has 0 radical (unpaired) electrons. The largest absolute Gasteiger partial charge is 0.305 e. The lowest BCUT2D eigenvalue weighted by Crippen LogP contribution is -2.13. The molecule has 0 bridgehead atoms. The average Bonchev–Trinajstić information content (AvgIpc) is 2.77. The van der Waals surface area contributed by atoms with E-state index in [9.17, 15) is 9.18 Å². The lowest BCUT2D eigenvalue weighted by atomic mass is 10.2. The Morgan fingerprint density at radius 1 is 1.44 bits per heavy atom. The van der Waals surface area contributed by atoms with E-state index in [0.29, 0.717) is 5.82 Å². The molecule has 1 aromatic carbocycles. The minimum atomic E-state index is -0.542. The Morgan fingerprint density at radius 2 is 2.22 bits per heavy atom. The fraction of sp³-hybridized carbons (Fsp3) is 0.231. The van der Waals surface area contributed by atoms with Crippen molar-refractivity contribution >= 4 is 11.7 Å². The zero-order chi connectivity index (χ0) is 13.0. The number of aromatic nitrogens is 2. The molecule has 0 saturated heterocycles. The fourth-order valence-corrected chi connectivity index (χ4v) is 1.65. The number of hydrogen-bond acceptors (Lipinski definition) is 2. The number of halogens is 1. The number of aryl methyl sites for hydroxylation is 1. The van der Waals surface area contributed by atoms with Crippen LogP contribution in [0.5, 0.6) is 0 Å². The summed E-state index contributed by atoms with van der Waals surface area (Å²) in [4.78, 5) is 11.8. The number of carbonyl (C=O) groups is 1. The van der Waals surface area contributed by atoms with Crippen LogP contribution in [0.3, 0.4) is 0 Å². The first kappa shape index (κ1) is 12.3. The molecule has 18 heavy (non-hydrogen) atoms. The van der Waals surface area contributed by atoms with Crippen LogP contribution in [-0.2, 0) is 6.42 Å². The Balaban J connectivity index is 2.09. The molecule has 0 aliphatic rings. The van der Waals surface area contributed by atoms with Crippen molar-refractivity contribution in [3.05, 3.63) is 47.4 Å². The second-order valence-electron chi connectivity index (χ2n) is 3.96. The van der Waals surface area contributed by atoms with E-state index in [4.69, 9.17) is 0 Å². The van der Waals surface area contributed by atoms with Gasteiger partial charge in [0.1, 0.15) is 5.82 Å². The first-order chi connectivity index (χ1) is 8.70. The predicted octanol–water partition coefficient (Wildman–Crippen LogP) is 2.75. The number of anilines is 1. The van der Waals surface area contributed by atoms with Crippen LogP contribution in [0.2, 0.25) is 0 Å². The number of nitrogens with one attached hydrogen (secondary N) is 2. The monoisotopic (exact) mass is 247 g/mol. The van der Waals surface area contributed by atoms with Crippen LogP contribution in [0.1, 0.15) is 29.4 Å². The van der Waals surface area contributed by atoms with E-state index in [0.717, 1.165) is 18.5 Å². The standard InChI is InChI=1S/C13H14FN3O/c1-2-5-9-8-12(17-16-9)15-13(18)10-6-3-4-7-11(10)14/h3-4,6-8H,2,5H2,1H3,(H2,15,16,17,18). The topological polar surface area (TPSA) is 57.8 Å². The van der Waals surface area contributed by atoms with Gasteiger partial charge in [-0.05, 0) is 18.6 Å². The van der Waals surface area contributed by atoms with Gasteiger partial charge in [0.25, 0.3) is 5.91 Å². The lowest BCUT2D eigenvalue weighted by Gasteiger charge is -2.02. The van der Waals surface area contributed by atoms with Crippen molar-refractivity contribution in [1.82, 2.24) is 10.2 Å². The molecule has 5 heteroatoms. The molecule has 0 aliphatic heterocycles. The van der Waals surface area contributed by atoms with Gasteiger partial charge in [-0.1, -0.05) is 25.5 Å². The summed E-state index contributed by atoms with van der Waals surface area (Å²) in [6.07, 6.45) is 1.85. The highest BCUT2D eigenvalue weighted by atomic mass is 19.1. The van der Waals surface area contributed by atoms with Crippen LogP contribution in [0.15, 0.2) is 30.3 Å². The molecule has 1 aromatic heterocycles. The number of nitrogens with zero attached hydrogens (tertiary/aromatic N) is 1. The molecular weight excluding hydrogens is 233 g/mol. The van der Waals surface area contributed by atoms with E-state index < -0.39 is 11.7 Å². The molecule has 1 heterocycles. The van der Waals surface area contributed by atoms with Crippen LogP contribution in [0.4, 0.5) is 10.2 Å². The quantitative estimate of drug-likeness (QED) is 0.872. The molecule has 2 N–H and O–H groups in total. The summed E-state index contributed by atoms with van der Waals surface area (Å²) in [5.74, 6) is -0.631. The molecule has 4 nitrogen and oxygen atoms in total. The Bertz CT molecular complexity index is 551. The summed E-state index contributed by atoms with van der Waals surface area (Å²) in [5.41, 5.74) is 0.957. The number of carbonyl (C=O) groups excluding carboxylic acids is 1. The van der Waals surface area contributed by atoms with Gasteiger partial charge in [0.05, 0.1) is 5.56 Å². The summed E-state index contributed by atoms with van der Waals surface area (Å²) in [7, 11) is 0. The molecule has 0 fully saturated rings. The summed E-state index contributed by atoms with van der Waals surface area (Å²) in [6.45, 7) is 2.05. The van der Waals surface area contributed by atoms with E-state index in [-0.39, 0.29) is 5.56 Å². The Hall–Kier alpha value is -2.17. The minimum absolute atomic E-state index is 0.0116. The van der Waals surface area contributed by atoms with Crippen LogP contribution in [0.25, 0.3) is 0 Å². The Kier molecular flexibility index (Phi) is 3.72. The van der Waals surface area contributed by atoms with Gasteiger partial charge >= 0.3 is 0 Å². The maximum Gasteiger partial charge on any atom is 0.259 e. The second kappa shape index (κ2) is 5.44. The van der Waals surface area contributed by atoms with E-state index in [2.05, 4.69) is 22.4 Å². The van der Waals surface area contributed by atoms with Crippen molar-refractivity contribution in [1.29, 1.82) is 0 Å². The maximum atomic E-state index is 13.4. The summed E-state index contributed by atoms with van der Waals surface area (Å²) < 4.78 is 13.4. The van der Waals surface area contributed by atoms with Crippen LogP contribution >= 0.6 is 0 Å². The molecule has 0 saturated carbocycles. The number of benzene rings is 1. The van der Waals surface area contributed by atoms with Gasteiger partial charge in [0, 0.05) is 11.8 Å². The van der Waals surface area contributed by atoms with Crippen molar-refractivity contribution in [2.75, 3.05) is 5.32 Å². The van der Waals surface area contributed by atoms with Crippen molar-refractivity contribution < 1.29 is 9.18 Å². The normalized spacial score (nSPS) is 10.3. The Labute approximate surface area is 104 Å². The lowest BCUT2D eigenvalue weighted by molar-refractivity contribution is 0.102. The third kappa shape index (κ3) is 2.74. The van der Waals surface area contributed by atoms with E-state index in [1.807, 2.05) is 0 Å². The summed E-state index contributed by atoms with van der Waals surface area (Å²) in [6, 6.07) is 7.60. The fourth-order valence-electron chi connectivity index (χ4n) is 1.65. The van der Waals surface area contributed by atoms with E-state index >= 15 is 0 Å². The van der Waals surface area contributed by atoms with E-state index in [1.165, 1.54) is 12.1 Å². The second-order valence-corrected chi connectivity index (χ2v) is 3.96. The van der Waals surface area contributed by atoms with Gasteiger partial charge in [-0.2, -0.15) is 5.10 Å². The molecule has 0 atom stereocenters. The van der Waals surface area contributed by atoms with Crippen molar-refractivity contribution in [3.63, 3.8) is 0 Å². The number of rotatable bonds is 4. The van der Waals surface area contributed by atoms with Crippen molar-refractivity contribution in [2.45, 2.75) is 19.8 Å². The number of amides is 1. The molecule has 2 aromatic rings. The third-order valence-electron chi connectivity index (χ3n) is 2.51. The zero-order valence-electron chi connectivity index (χ0n) is 10.0. The number of H-pyrrole nitrogens is 1. The minimum Gasteiger partial charge on any atom is -0.305 e. The molecule has 0 spiro atoms. The highest BCUT2D eigenvalue weighted by Crippen LogP contribution is 2.11. The average molecular weight is 247 g/mol. The highest BCUT2D eigenvalue weighted by molar-refractivity contribution is 6.03. The first-order valence-electron chi connectivity index (χ1n) is 5.81. The molecule has 1 amide bonds. The van der Waals surface area contributed by atoms with Gasteiger partial charge < -0.3 is 5.32 Å². The van der Waals surface area contributed by atoms with Crippen LogP contribution < -0.4 is 5.32 Å². The Morgan fingerprint density at radius 3 is 2.94 bits per heavy atom. The van der Waals surface area contributed by atoms with Crippen molar-refractivity contribution in [3.8, 4) is 0 Å². The molecule has 2 rings (SSSR count). The van der Waals surface area contributed by atoms with Gasteiger partial charge in [0.15, 0.2) is 5.82 Å². The van der Waals surface area contributed by atoms with E-state index in [1.54, 1.807) is 18.2 Å². The van der Waals surface area contributed by atoms with Gasteiger partial charge in [0.2, 0.25) is 0 Å². The molecule has 94 valence electrons. The van der Waals surface area contributed by atoms with Gasteiger partial charge in [-0.15, -0.1) is 0 Å². The molecular formula is C13H14FN3O. The number of aromatic amines is 1. The van der Waals surface area contributed by atoms with Crippen LogP contribution in [-0.4, -0.2) is 16.1 Å². The SMILES string of the molecule is CCCc1cc(NC(=O)c2ccccc2F)n[nH]1. The first-order valence-corrected chi connectivity index (χ1v) is 5.81. The highest BCUT2D eigenvalue weighted by Gasteiger charge is 2.12. The summed E-state index contributed by atoms with van der Waals surface area (Å²) in [5, 5.41) is 9.33. The van der Waals surface area contributed by atoms with Gasteiger partial charge in [-0.3, -0.25) is 9.89 Å². The molecule has 0 unspecified atom stereocenters. The third-order valence-corrected chi connectivity index (χ3v) is 2.51. The number of hydrogen-bond donors (Lipinski definition) is 2. The maximum absolute atomic E-state index is 13.4. The van der Waals surface area contributed by atoms with Gasteiger partial charge in [-0.25, -0.2) is 4.39 Å².